The van der Waals surface area contributed by atoms with Crippen molar-refractivity contribution in [1.29, 1.82) is 0 Å². The molecule has 0 atom stereocenters. The maximum absolute atomic E-state index is 13.2. The van der Waals surface area contributed by atoms with Crippen LogP contribution < -0.4 is 5.32 Å². The molecule has 0 aliphatic rings. The van der Waals surface area contributed by atoms with Crippen LogP contribution in [0.3, 0.4) is 0 Å². The minimum atomic E-state index is -0.372. The number of halogens is 2. The first-order valence-electron chi connectivity index (χ1n) is 9.42. The zero-order valence-electron chi connectivity index (χ0n) is 16.6. The SMILES string of the molecule is CCN(CC(=O)NCc1ccc(F)cc1)C(=O)c1c(-c2ccccc2Cl)noc1C. The molecule has 30 heavy (non-hydrogen) atoms. The highest BCUT2D eigenvalue weighted by molar-refractivity contribution is 6.33. The molecule has 0 spiro atoms. The van der Waals surface area contributed by atoms with Crippen molar-refractivity contribution in [2.75, 3.05) is 13.1 Å². The molecule has 0 bridgehead atoms. The van der Waals surface area contributed by atoms with E-state index in [-0.39, 0.29) is 36.3 Å². The van der Waals surface area contributed by atoms with Crippen molar-refractivity contribution < 1.29 is 18.5 Å². The van der Waals surface area contributed by atoms with Gasteiger partial charge in [0, 0.05) is 18.7 Å². The lowest BCUT2D eigenvalue weighted by atomic mass is 10.0. The van der Waals surface area contributed by atoms with E-state index in [0.29, 0.717) is 28.6 Å². The lowest BCUT2D eigenvalue weighted by molar-refractivity contribution is -0.121. The molecular weight excluding hydrogens is 409 g/mol. The number of benzene rings is 2. The Hall–Kier alpha value is -3.19. The van der Waals surface area contributed by atoms with Gasteiger partial charge in [-0.2, -0.15) is 0 Å². The Morgan fingerprint density at radius 3 is 2.53 bits per heavy atom. The molecule has 8 heteroatoms. The topological polar surface area (TPSA) is 75.4 Å². The average Bonchev–Trinajstić information content (AvgIpc) is 3.12. The number of hydrogen-bond donors (Lipinski definition) is 1. The number of nitrogens with one attached hydrogen (secondary N) is 1. The van der Waals surface area contributed by atoms with Crippen LogP contribution in [0.2, 0.25) is 5.02 Å². The summed E-state index contributed by atoms with van der Waals surface area (Å²) in [6.07, 6.45) is 0. The second-order valence-electron chi connectivity index (χ2n) is 6.66. The van der Waals surface area contributed by atoms with Crippen LogP contribution in [0.4, 0.5) is 4.39 Å². The number of rotatable bonds is 7. The van der Waals surface area contributed by atoms with E-state index in [0.717, 1.165) is 5.56 Å². The molecule has 0 radical (unpaired) electrons. The van der Waals surface area contributed by atoms with Crippen molar-refractivity contribution in [3.8, 4) is 11.3 Å². The van der Waals surface area contributed by atoms with E-state index in [1.807, 2.05) is 0 Å². The highest BCUT2D eigenvalue weighted by Gasteiger charge is 2.27. The van der Waals surface area contributed by atoms with E-state index in [4.69, 9.17) is 16.1 Å². The molecule has 0 saturated heterocycles. The van der Waals surface area contributed by atoms with Crippen molar-refractivity contribution in [3.05, 3.63) is 76.3 Å². The summed E-state index contributed by atoms with van der Waals surface area (Å²) >= 11 is 6.26. The molecule has 6 nitrogen and oxygen atoms in total. The highest BCUT2D eigenvalue weighted by Crippen LogP contribution is 2.31. The third-order valence-electron chi connectivity index (χ3n) is 4.61. The number of aryl methyl sites for hydroxylation is 1. The van der Waals surface area contributed by atoms with E-state index in [2.05, 4.69) is 10.5 Å². The molecule has 2 aromatic carbocycles. The van der Waals surface area contributed by atoms with E-state index < -0.39 is 0 Å². The smallest absolute Gasteiger partial charge is 0.260 e. The molecule has 2 amide bonds. The molecular formula is C22H21ClFN3O3. The maximum Gasteiger partial charge on any atom is 0.260 e. The second kappa shape index (κ2) is 9.54. The number of nitrogens with zero attached hydrogens (tertiary/aromatic N) is 2. The summed E-state index contributed by atoms with van der Waals surface area (Å²) in [5, 5.41) is 7.19. The largest absolute Gasteiger partial charge is 0.360 e. The van der Waals surface area contributed by atoms with E-state index in [9.17, 15) is 14.0 Å². The number of aromatic nitrogens is 1. The summed E-state index contributed by atoms with van der Waals surface area (Å²) in [4.78, 5) is 27.0. The van der Waals surface area contributed by atoms with Crippen molar-refractivity contribution >= 4 is 23.4 Å². The van der Waals surface area contributed by atoms with Gasteiger partial charge in [0.15, 0.2) is 0 Å². The molecule has 1 N–H and O–H groups in total. The van der Waals surface area contributed by atoms with Crippen LogP contribution in [-0.2, 0) is 11.3 Å². The quantitative estimate of drug-likeness (QED) is 0.610. The molecule has 0 aliphatic heterocycles. The molecule has 1 heterocycles. The zero-order valence-corrected chi connectivity index (χ0v) is 17.4. The third-order valence-corrected chi connectivity index (χ3v) is 4.94. The van der Waals surface area contributed by atoms with Gasteiger partial charge >= 0.3 is 0 Å². The maximum atomic E-state index is 13.2. The molecule has 0 unspecified atom stereocenters. The number of likely N-dealkylation sites (N-methyl/N-ethyl adjacent to an activating group) is 1. The standard InChI is InChI=1S/C22H21ClFN3O3/c1-3-27(13-19(28)25-12-15-8-10-16(24)11-9-15)22(29)20-14(2)30-26-21(20)17-6-4-5-7-18(17)23/h4-11H,3,12-13H2,1-2H3,(H,25,28). The molecule has 156 valence electrons. The summed E-state index contributed by atoms with van der Waals surface area (Å²) in [5.41, 5.74) is 1.95. The summed E-state index contributed by atoms with van der Waals surface area (Å²) in [7, 11) is 0. The summed E-state index contributed by atoms with van der Waals surface area (Å²) < 4.78 is 18.2. The molecule has 3 aromatic rings. The molecule has 0 saturated carbocycles. The summed E-state index contributed by atoms with van der Waals surface area (Å²) in [6, 6.07) is 12.9. The zero-order chi connectivity index (χ0) is 21.7. The van der Waals surface area contributed by atoms with Gasteiger partial charge in [0.1, 0.15) is 22.8 Å². The van der Waals surface area contributed by atoms with Gasteiger partial charge in [-0.05, 0) is 37.6 Å². The van der Waals surface area contributed by atoms with Crippen LogP contribution in [0.1, 0.15) is 28.6 Å². The minimum absolute atomic E-state index is 0.136. The lowest BCUT2D eigenvalue weighted by Gasteiger charge is -2.20. The van der Waals surface area contributed by atoms with Gasteiger partial charge in [-0.3, -0.25) is 9.59 Å². The molecule has 0 aliphatic carbocycles. The predicted molar refractivity (Wildman–Crippen MR) is 112 cm³/mol. The number of hydrogen-bond acceptors (Lipinski definition) is 4. The molecule has 1 aromatic heterocycles. The van der Waals surface area contributed by atoms with Crippen molar-refractivity contribution in [1.82, 2.24) is 15.4 Å². The van der Waals surface area contributed by atoms with Crippen LogP contribution in [0.25, 0.3) is 11.3 Å². The Kier molecular flexibility index (Phi) is 6.84. The fourth-order valence-corrected chi connectivity index (χ4v) is 3.20. The van der Waals surface area contributed by atoms with Crippen molar-refractivity contribution in [3.63, 3.8) is 0 Å². The van der Waals surface area contributed by atoms with Crippen LogP contribution in [0.15, 0.2) is 53.1 Å². The number of amides is 2. The monoisotopic (exact) mass is 429 g/mol. The Morgan fingerprint density at radius 2 is 1.87 bits per heavy atom. The molecule has 3 rings (SSSR count). The fourth-order valence-electron chi connectivity index (χ4n) is 2.98. The first-order chi connectivity index (χ1) is 14.4. The Balaban J connectivity index is 1.73. The van der Waals surface area contributed by atoms with Gasteiger partial charge in [-0.25, -0.2) is 4.39 Å². The van der Waals surface area contributed by atoms with Crippen molar-refractivity contribution in [2.45, 2.75) is 20.4 Å². The average molecular weight is 430 g/mol. The second-order valence-corrected chi connectivity index (χ2v) is 7.07. The van der Waals surface area contributed by atoms with Gasteiger partial charge in [-0.1, -0.05) is 47.1 Å². The van der Waals surface area contributed by atoms with Crippen LogP contribution >= 0.6 is 11.6 Å². The van der Waals surface area contributed by atoms with Crippen molar-refractivity contribution in [2.24, 2.45) is 0 Å². The Bertz CT molecular complexity index is 1050. The van der Waals surface area contributed by atoms with E-state index in [1.165, 1.54) is 17.0 Å². The number of carbonyl (C=O) groups excluding carboxylic acids is 2. The first-order valence-corrected chi connectivity index (χ1v) is 9.80. The van der Waals surface area contributed by atoms with Crippen LogP contribution in [0, 0.1) is 12.7 Å². The van der Waals surface area contributed by atoms with E-state index >= 15 is 0 Å². The summed E-state index contributed by atoms with van der Waals surface area (Å²) in [5.74, 6) is -0.697. The normalized spacial score (nSPS) is 10.7. The third kappa shape index (κ3) is 4.86. The van der Waals surface area contributed by atoms with Crippen LogP contribution in [-0.4, -0.2) is 35.0 Å². The minimum Gasteiger partial charge on any atom is -0.360 e. The Morgan fingerprint density at radius 1 is 1.17 bits per heavy atom. The first kappa shape index (κ1) is 21.5. The van der Waals surface area contributed by atoms with Gasteiger partial charge in [0.05, 0.1) is 11.6 Å². The van der Waals surface area contributed by atoms with Crippen LogP contribution in [0.5, 0.6) is 0 Å². The Labute approximate surface area is 178 Å². The van der Waals surface area contributed by atoms with Gasteiger partial charge in [-0.15, -0.1) is 0 Å². The molecule has 0 fully saturated rings. The lowest BCUT2D eigenvalue weighted by Crippen LogP contribution is -2.40. The predicted octanol–water partition coefficient (Wildman–Crippen LogP) is 4.22. The summed E-state index contributed by atoms with van der Waals surface area (Å²) in [6.45, 7) is 3.84. The van der Waals surface area contributed by atoms with Gasteiger partial charge in [0.2, 0.25) is 5.91 Å². The highest BCUT2D eigenvalue weighted by atomic mass is 35.5. The number of carbonyl (C=O) groups is 2. The van der Waals surface area contributed by atoms with E-state index in [1.54, 1.807) is 50.2 Å². The van der Waals surface area contributed by atoms with Gasteiger partial charge < -0.3 is 14.7 Å². The van der Waals surface area contributed by atoms with Gasteiger partial charge in [0.25, 0.3) is 5.91 Å². The fraction of sp³-hybridized carbons (Fsp3) is 0.227.